The standard InChI is InChI=1S/C18H21N5O2S/c1-5-13-20-11(4)15(26-13)17(24)21-14(10(2)3)18-22-16(23-25-18)12-7-6-8-19-9-12/h6-10,14H,5H2,1-4H3,(H,21,24)/t14-/m0/s1. The van der Waals surface area contributed by atoms with Crippen molar-refractivity contribution in [2.24, 2.45) is 5.92 Å². The number of aryl methyl sites for hydroxylation is 2. The highest BCUT2D eigenvalue weighted by Gasteiger charge is 2.27. The number of hydrogen-bond donors (Lipinski definition) is 1. The average molecular weight is 371 g/mol. The monoisotopic (exact) mass is 371 g/mol. The molecule has 0 unspecified atom stereocenters. The molecule has 0 radical (unpaired) electrons. The minimum Gasteiger partial charge on any atom is -0.339 e. The third kappa shape index (κ3) is 3.80. The molecule has 7 nitrogen and oxygen atoms in total. The van der Waals surface area contributed by atoms with Crippen LogP contribution in [-0.2, 0) is 6.42 Å². The lowest BCUT2D eigenvalue weighted by molar-refractivity contribution is 0.0917. The van der Waals surface area contributed by atoms with Crippen molar-refractivity contribution >= 4 is 17.2 Å². The summed E-state index contributed by atoms with van der Waals surface area (Å²) in [6.07, 6.45) is 4.17. The lowest BCUT2D eigenvalue weighted by atomic mass is 10.0. The number of hydrogen-bond acceptors (Lipinski definition) is 7. The first kappa shape index (κ1) is 18.2. The maximum atomic E-state index is 12.7. The van der Waals surface area contributed by atoms with E-state index < -0.39 is 0 Å². The first-order valence-corrected chi connectivity index (χ1v) is 9.32. The van der Waals surface area contributed by atoms with Gasteiger partial charge in [0.15, 0.2) is 0 Å². The van der Waals surface area contributed by atoms with Crippen molar-refractivity contribution in [3.8, 4) is 11.4 Å². The van der Waals surface area contributed by atoms with Crippen molar-refractivity contribution in [3.05, 3.63) is 46.0 Å². The highest BCUT2D eigenvalue weighted by Crippen LogP contribution is 2.25. The van der Waals surface area contributed by atoms with Gasteiger partial charge in [0.2, 0.25) is 11.7 Å². The highest BCUT2D eigenvalue weighted by molar-refractivity contribution is 7.13. The van der Waals surface area contributed by atoms with E-state index in [0.29, 0.717) is 16.6 Å². The van der Waals surface area contributed by atoms with Crippen LogP contribution in [0.3, 0.4) is 0 Å². The van der Waals surface area contributed by atoms with Crippen molar-refractivity contribution in [2.75, 3.05) is 0 Å². The zero-order valence-corrected chi connectivity index (χ0v) is 16.0. The van der Waals surface area contributed by atoms with E-state index in [9.17, 15) is 4.79 Å². The Morgan fingerprint density at radius 3 is 2.77 bits per heavy atom. The Bertz CT molecular complexity index is 888. The molecule has 0 spiro atoms. The zero-order chi connectivity index (χ0) is 18.7. The molecular formula is C18H21N5O2S. The van der Waals surface area contributed by atoms with E-state index in [-0.39, 0.29) is 17.9 Å². The van der Waals surface area contributed by atoms with Crippen molar-refractivity contribution < 1.29 is 9.32 Å². The van der Waals surface area contributed by atoms with Crippen LogP contribution in [0.5, 0.6) is 0 Å². The lowest BCUT2D eigenvalue weighted by Gasteiger charge is -2.18. The van der Waals surface area contributed by atoms with Crippen molar-refractivity contribution in [2.45, 2.75) is 40.2 Å². The summed E-state index contributed by atoms with van der Waals surface area (Å²) in [5.74, 6) is 0.750. The second-order valence-electron chi connectivity index (χ2n) is 6.27. The van der Waals surface area contributed by atoms with Gasteiger partial charge < -0.3 is 9.84 Å². The van der Waals surface area contributed by atoms with Crippen LogP contribution < -0.4 is 5.32 Å². The molecule has 8 heteroatoms. The van der Waals surface area contributed by atoms with E-state index in [2.05, 4.69) is 25.4 Å². The molecule has 136 valence electrons. The van der Waals surface area contributed by atoms with Gasteiger partial charge in [-0.2, -0.15) is 4.98 Å². The summed E-state index contributed by atoms with van der Waals surface area (Å²) < 4.78 is 5.42. The Hall–Kier alpha value is -2.61. The first-order valence-electron chi connectivity index (χ1n) is 8.50. The fourth-order valence-electron chi connectivity index (χ4n) is 2.51. The van der Waals surface area contributed by atoms with Crippen molar-refractivity contribution in [1.82, 2.24) is 25.4 Å². The number of aromatic nitrogens is 4. The van der Waals surface area contributed by atoms with Gasteiger partial charge in [0.1, 0.15) is 10.9 Å². The van der Waals surface area contributed by atoms with E-state index in [1.807, 2.05) is 39.8 Å². The van der Waals surface area contributed by atoms with E-state index in [1.165, 1.54) is 11.3 Å². The fourth-order valence-corrected chi connectivity index (χ4v) is 3.42. The summed E-state index contributed by atoms with van der Waals surface area (Å²) in [5.41, 5.74) is 1.51. The van der Waals surface area contributed by atoms with Crippen LogP contribution in [-0.4, -0.2) is 26.0 Å². The Balaban J connectivity index is 1.82. The number of rotatable bonds is 6. The lowest BCUT2D eigenvalue weighted by Crippen LogP contribution is -2.32. The van der Waals surface area contributed by atoms with Crippen LogP contribution in [0.2, 0.25) is 0 Å². The second-order valence-corrected chi connectivity index (χ2v) is 7.35. The minimum atomic E-state index is -0.382. The third-order valence-electron chi connectivity index (χ3n) is 3.93. The second kappa shape index (κ2) is 7.74. The van der Waals surface area contributed by atoms with Crippen LogP contribution in [0, 0.1) is 12.8 Å². The molecule has 3 heterocycles. The van der Waals surface area contributed by atoms with Crippen LogP contribution in [0.15, 0.2) is 29.0 Å². The zero-order valence-electron chi connectivity index (χ0n) is 15.2. The number of carbonyl (C=O) groups excluding carboxylic acids is 1. The molecule has 1 amide bonds. The molecule has 0 aromatic carbocycles. The van der Waals surface area contributed by atoms with Gasteiger partial charge in [-0.25, -0.2) is 4.98 Å². The Morgan fingerprint density at radius 1 is 1.35 bits per heavy atom. The number of amides is 1. The van der Waals surface area contributed by atoms with Gasteiger partial charge in [0, 0.05) is 18.0 Å². The maximum Gasteiger partial charge on any atom is 0.263 e. The summed E-state index contributed by atoms with van der Waals surface area (Å²) in [6.45, 7) is 7.86. The van der Waals surface area contributed by atoms with Gasteiger partial charge in [0.25, 0.3) is 5.91 Å². The molecule has 3 aromatic rings. The Labute approximate surface area is 155 Å². The number of nitrogens with zero attached hydrogens (tertiary/aromatic N) is 4. The van der Waals surface area contributed by atoms with Crippen LogP contribution >= 0.6 is 11.3 Å². The fraction of sp³-hybridized carbons (Fsp3) is 0.389. The van der Waals surface area contributed by atoms with Crippen LogP contribution in [0.4, 0.5) is 0 Å². The summed E-state index contributed by atoms with van der Waals surface area (Å²) in [6, 6.07) is 3.29. The van der Waals surface area contributed by atoms with Crippen LogP contribution in [0.25, 0.3) is 11.4 Å². The topological polar surface area (TPSA) is 93.8 Å². The van der Waals surface area contributed by atoms with E-state index in [0.717, 1.165) is 22.7 Å². The molecule has 0 aliphatic rings. The van der Waals surface area contributed by atoms with E-state index >= 15 is 0 Å². The van der Waals surface area contributed by atoms with Gasteiger partial charge in [-0.15, -0.1) is 11.3 Å². The van der Waals surface area contributed by atoms with Gasteiger partial charge in [-0.1, -0.05) is 25.9 Å². The van der Waals surface area contributed by atoms with Gasteiger partial charge >= 0.3 is 0 Å². The summed E-state index contributed by atoms with van der Waals surface area (Å²) in [5, 5.41) is 7.98. The normalized spacial score (nSPS) is 12.3. The molecule has 3 rings (SSSR count). The molecule has 0 bridgehead atoms. The predicted molar refractivity (Wildman–Crippen MR) is 98.8 cm³/mol. The molecule has 0 aliphatic heterocycles. The predicted octanol–water partition coefficient (Wildman–Crippen LogP) is 3.59. The van der Waals surface area contributed by atoms with Crippen molar-refractivity contribution in [3.63, 3.8) is 0 Å². The Morgan fingerprint density at radius 2 is 2.15 bits per heavy atom. The molecule has 0 fully saturated rings. The van der Waals surface area contributed by atoms with Gasteiger partial charge in [-0.05, 0) is 31.4 Å². The molecule has 1 atom stereocenters. The highest BCUT2D eigenvalue weighted by atomic mass is 32.1. The first-order chi connectivity index (χ1) is 12.5. The molecular weight excluding hydrogens is 350 g/mol. The molecule has 0 saturated carbocycles. The average Bonchev–Trinajstić information content (AvgIpc) is 3.26. The SMILES string of the molecule is CCc1nc(C)c(C(=O)N[C@H](c2nc(-c3cccnc3)no2)C(C)C)s1. The summed E-state index contributed by atoms with van der Waals surface area (Å²) in [4.78, 5) is 26.3. The van der Waals surface area contributed by atoms with E-state index in [1.54, 1.807) is 12.4 Å². The number of thiazole rings is 1. The Kier molecular flexibility index (Phi) is 5.41. The minimum absolute atomic E-state index is 0.0834. The smallest absolute Gasteiger partial charge is 0.263 e. The largest absolute Gasteiger partial charge is 0.339 e. The number of carbonyl (C=O) groups is 1. The molecule has 3 aromatic heterocycles. The summed E-state index contributed by atoms with van der Waals surface area (Å²) >= 11 is 1.42. The maximum absolute atomic E-state index is 12.7. The van der Waals surface area contributed by atoms with Crippen molar-refractivity contribution in [1.29, 1.82) is 0 Å². The van der Waals surface area contributed by atoms with Crippen LogP contribution in [0.1, 0.15) is 53.1 Å². The number of nitrogens with one attached hydrogen (secondary N) is 1. The summed E-state index contributed by atoms with van der Waals surface area (Å²) in [7, 11) is 0. The third-order valence-corrected chi connectivity index (χ3v) is 5.23. The molecule has 0 saturated heterocycles. The van der Waals surface area contributed by atoms with Gasteiger partial charge in [-0.3, -0.25) is 9.78 Å². The molecule has 1 N–H and O–H groups in total. The quantitative estimate of drug-likeness (QED) is 0.712. The molecule has 0 aliphatic carbocycles. The van der Waals surface area contributed by atoms with E-state index in [4.69, 9.17) is 4.52 Å². The number of pyridine rings is 1. The molecule has 26 heavy (non-hydrogen) atoms. The van der Waals surface area contributed by atoms with Gasteiger partial charge in [0.05, 0.1) is 10.7 Å².